The molecule has 0 bridgehead atoms. The Bertz CT molecular complexity index is 741. The van der Waals surface area contributed by atoms with Crippen molar-refractivity contribution in [3.05, 3.63) is 39.4 Å². The number of aliphatic hydroxyl groups is 1. The molecule has 2 rings (SSSR count). The van der Waals surface area contributed by atoms with Gasteiger partial charge in [0.15, 0.2) is 0 Å². The summed E-state index contributed by atoms with van der Waals surface area (Å²) in [6.07, 6.45) is -2.79. The molecule has 27 heavy (non-hydrogen) atoms. The number of nitro benzene ring substituents is 1. The molecule has 1 aliphatic rings. The second-order valence-corrected chi connectivity index (χ2v) is 5.99. The number of carbonyl (C=O) groups is 1. The number of benzene rings is 1. The molecular formula is C17H19F3N2O5. The summed E-state index contributed by atoms with van der Waals surface area (Å²) in [5.41, 5.74) is -2.24. The Balaban J connectivity index is 2.54. The smallest absolute Gasteiger partial charge is 0.418 e. The first kappa shape index (κ1) is 20.7. The first-order valence-electron chi connectivity index (χ1n) is 8.31. The van der Waals surface area contributed by atoms with Gasteiger partial charge in [-0.3, -0.25) is 10.1 Å². The molecule has 1 aliphatic heterocycles. The number of nitrogens with zero attached hydrogens (tertiary/aromatic N) is 2. The lowest BCUT2D eigenvalue weighted by Crippen LogP contribution is -2.37. The summed E-state index contributed by atoms with van der Waals surface area (Å²) < 4.78 is 45.1. The van der Waals surface area contributed by atoms with Gasteiger partial charge < -0.3 is 14.7 Å². The first-order chi connectivity index (χ1) is 12.6. The molecule has 0 spiro atoms. The predicted octanol–water partition coefficient (Wildman–Crippen LogP) is 3.15. The molecule has 148 valence electrons. The fourth-order valence-corrected chi connectivity index (χ4v) is 2.83. The maximum absolute atomic E-state index is 13.5. The summed E-state index contributed by atoms with van der Waals surface area (Å²) in [4.78, 5) is 23.2. The fraction of sp³-hybridized carbons (Fsp3) is 0.471. The first-order valence-corrected chi connectivity index (χ1v) is 8.31. The molecule has 1 fully saturated rings. The number of piperidine rings is 1. The van der Waals surface area contributed by atoms with Crippen molar-refractivity contribution in [3.63, 3.8) is 0 Å². The molecule has 1 N–H and O–H groups in total. The number of rotatable bonds is 5. The van der Waals surface area contributed by atoms with Crippen LogP contribution in [0.5, 0.6) is 0 Å². The van der Waals surface area contributed by atoms with Crippen LogP contribution >= 0.6 is 0 Å². The maximum Gasteiger partial charge on any atom is 0.418 e. The molecule has 0 aliphatic carbocycles. The number of nitro groups is 1. The van der Waals surface area contributed by atoms with Gasteiger partial charge in [-0.15, -0.1) is 0 Å². The Hall–Kier alpha value is -2.62. The minimum atomic E-state index is -4.79. The Labute approximate surface area is 153 Å². The standard InChI is InChI=1S/C17H19F3N2O5/c1-2-27-16(24)4-3-11-9-15(21-7-5-12(23)6-8-21)13(17(18,19)20)10-14(11)22(25)26/h3-4,9-10,12,23H,2,5-8H2,1H3. The SMILES string of the molecule is CCOC(=O)C=Cc1cc(N2CCC(O)CC2)c(C(F)(F)F)cc1[N+](=O)[O-]. The largest absolute Gasteiger partial charge is 0.463 e. The monoisotopic (exact) mass is 388 g/mol. The average molecular weight is 388 g/mol. The molecule has 7 nitrogen and oxygen atoms in total. The lowest BCUT2D eigenvalue weighted by atomic mass is 10.0. The summed E-state index contributed by atoms with van der Waals surface area (Å²) >= 11 is 0. The number of ether oxygens (including phenoxy) is 1. The molecule has 0 saturated carbocycles. The van der Waals surface area contributed by atoms with Gasteiger partial charge in [0.25, 0.3) is 5.69 Å². The van der Waals surface area contributed by atoms with Crippen LogP contribution in [0.2, 0.25) is 0 Å². The average Bonchev–Trinajstić information content (AvgIpc) is 2.59. The van der Waals surface area contributed by atoms with Crippen LogP contribution in [0.15, 0.2) is 18.2 Å². The highest BCUT2D eigenvalue weighted by Crippen LogP contribution is 2.41. The molecule has 0 atom stereocenters. The van der Waals surface area contributed by atoms with Crippen LogP contribution in [0.3, 0.4) is 0 Å². The van der Waals surface area contributed by atoms with Gasteiger partial charge in [0.2, 0.25) is 0 Å². The van der Waals surface area contributed by atoms with Gasteiger partial charge in [0.1, 0.15) is 0 Å². The number of hydrogen-bond donors (Lipinski definition) is 1. The van der Waals surface area contributed by atoms with Gasteiger partial charge in [-0.05, 0) is 31.9 Å². The van der Waals surface area contributed by atoms with Crippen molar-refractivity contribution in [1.82, 2.24) is 0 Å². The number of aliphatic hydroxyl groups excluding tert-OH is 1. The Kier molecular flexibility index (Phi) is 6.42. The summed E-state index contributed by atoms with van der Waals surface area (Å²) in [7, 11) is 0. The second-order valence-electron chi connectivity index (χ2n) is 5.99. The van der Waals surface area contributed by atoms with Crippen molar-refractivity contribution >= 4 is 23.4 Å². The summed E-state index contributed by atoms with van der Waals surface area (Å²) in [5, 5.41) is 20.8. The number of halogens is 3. The van der Waals surface area contributed by atoms with E-state index in [9.17, 15) is 33.2 Å². The zero-order chi connectivity index (χ0) is 20.2. The van der Waals surface area contributed by atoms with Crippen LogP contribution in [0.1, 0.15) is 30.9 Å². The Morgan fingerprint density at radius 3 is 2.56 bits per heavy atom. The van der Waals surface area contributed by atoms with Crippen molar-refractivity contribution in [1.29, 1.82) is 0 Å². The lowest BCUT2D eigenvalue weighted by molar-refractivity contribution is -0.385. The topological polar surface area (TPSA) is 92.9 Å². The third-order valence-electron chi connectivity index (χ3n) is 4.14. The summed E-state index contributed by atoms with van der Waals surface area (Å²) in [6, 6.07) is 1.53. The van der Waals surface area contributed by atoms with Crippen molar-refractivity contribution in [2.75, 3.05) is 24.6 Å². The number of alkyl halides is 3. The van der Waals surface area contributed by atoms with E-state index in [1.165, 1.54) is 4.90 Å². The van der Waals surface area contributed by atoms with Gasteiger partial charge in [-0.25, -0.2) is 4.79 Å². The third-order valence-corrected chi connectivity index (χ3v) is 4.14. The summed E-state index contributed by atoms with van der Waals surface area (Å²) in [5.74, 6) is -0.755. The molecular weight excluding hydrogens is 369 g/mol. The zero-order valence-electron chi connectivity index (χ0n) is 14.5. The number of esters is 1. The normalized spacial score (nSPS) is 16.0. The van der Waals surface area contributed by atoms with Gasteiger partial charge in [-0.2, -0.15) is 13.2 Å². The highest BCUT2D eigenvalue weighted by molar-refractivity contribution is 5.88. The highest BCUT2D eigenvalue weighted by atomic mass is 19.4. The van der Waals surface area contributed by atoms with E-state index in [1.807, 2.05) is 0 Å². The Morgan fingerprint density at radius 2 is 2.04 bits per heavy atom. The highest BCUT2D eigenvalue weighted by Gasteiger charge is 2.38. The van der Waals surface area contributed by atoms with Crippen LogP contribution in [0, 0.1) is 10.1 Å². The minimum absolute atomic E-state index is 0.0969. The van der Waals surface area contributed by atoms with E-state index in [4.69, 9.17) is 0 Å². The van der Waals surface area contributed by atoms with Crippen LogP contribution in [0.25, 0.3) is 6.08 Å². The van der Waals surface area contributed by atoms with E-state index in [0.29, 0.717) is 18.9 Å². The summed E-state index contributed by atoms with van der Waals surface area (Å²) in [6.45, 7) is 2.04. The predicted molar refractivity (Wildman–Crippen MR) is 91.2 cm³/mol. The van der Waals surface area contributed by atoms with Gasteiger partial charge >= 0.3 is 12.1 Å². The number of carbonyl (C=O) groups excluding carboxylic acids is 1. The zero-order valence-corrected chi connectivity index (χ0v) is 14.5. The third kappa shape index (κ3) is 5.19. The Morgan fingerprint density at radius 1 is 1.41 bits per heavy atom. The molecule has 10 heteroatoms. The van der Waals surface area contributed by atoms with E-state index in [2.05, 4.69) is 4.74 Å². The van der Waals surface area contributed by atoms with E-state index in [0.717, 1.165) is 18.2 Å². The fourth-order valence-electron chi connectivity index (χ4n) is 2.83. The van der Waals surface area contributed by atoms with Crippen LogP contribution in [0.4, 0.5) is 24.5 Å². The molecule has 0 aromatic heterocycles. The van der Waals surface area contributed by atoms with Gasteiger partial charge in [0, 0.05) is 25.2 Å². The van der Waals surface area contributed by atoms with Crippen LogP contribution in [-0.2, 0) is 15.7 Å². The minimum Gasteiger partial charge on any atom is -0.463 e. The maximum atomic E-state index is 13.5. The number of hydrogen-bond acceptors (Lipinski definition) is 6. The molecule has 1 heterocycles. The quantitative estimate of drug-likeness (QED) is 0.361. The lowest BCUT2D eigenvalue weighted by Gasteiger charge is -2.33. The van der Waals surface area contributed by atoms with Gasteiger partial charge in [-0.1, -0.05) is 0 Å². The molecule has 0 amide bonds. The van der Waals surface area contributed by atoms with E-state index >= 15 is 0 Å². The van der Waals surface area contributed by atoms with E-state index in [-0.39, 0.29) is 30.9 Å². The van der Waals surface area contributed by atoms with E-state index in [1.54, 1.807) is 6.92 Å². The van der Waals surface area contributed by atoms with Crippen LogP contribution < -0.4 is 4.90 Å². The van der Waals surface area contributed by atoms with Crippen molar-refractivity contribution in [2.24, 2.45) is 0 Å². The van der Waals surface area contributed by atoms with E-state index < -0.39 is 34.4 Å². The molecule has 1 aromatic rings. The molecule has 0 radical (unpaired) electrons. The van der Waals surface area contributed by atoms with Gasteiger partial charge in [0.05, 0.1) is 34.4 Å². The molecule has 0 unspecified atom stereocenters. The van der Waals surface area contributed by atoms with Crippen molar-refractivity contribution in [3.8, 4) is 0 Å². The number of anilines is 1. The van der Waals surface area contributed by atoms with Crippen molar-refractivity contribution < 1.29 is 32.7 Å². The molecule has 1 saturated heterocycles. The van der Waals surface area contributed by atoms with Crippen LogP contribution in [-0.4, -0.2) is 41.8 Å². The van der Waals surface area contributed by atoms with Crippen molar-refractivity contribution in [2.45, 2.75) is 32.0 Å². The molecule has 1 aromatic carbocycles. The second kappa shape index (κ2) is 8.38.